The predicted molar refractivity (Wildman–Crippen MR) is 134 cm³/mol. The number of hydrogen-bond donors (Lipinski definition) is 2. The average Bonchev–Trinajstić information content (AvgIpc) is 3.30. The van der Waals surface area contributed by atoms with Crippen LogP contribution in [0.1, 0.15) is 11.3 Å². The van der Waals surface area contributed by atoms with Crippen molar-refractivity contribution in [3.63, 3.8) is 0 Å². The summed E-state index contributed by atoms with van der Waals surface area (Å²) in [4.78, 5) is 8.17. The van der Waals surface area contributed by atoms with Crippen molar-refractivity contribution in [3.05, 3.63) is 80.9 Å². The Morgan fingerprint density at radius 3 is 2.44 bits per heavy atom. The van der Waals surface area contributed by atoms with Gasteiger partial charge in [0, 0.05) is 11.9 Å². The monoisotopic (exact) mass is 598 g/mol. The molecule has 0 aliphatic rings. The number of alkyl halides is 3. The molecule has 0 amide bonds. The van der Waals surface area contributed by atoms with E-state index in [-0.39, 0.29) is 11.0 Å². The van der Waals surface area contributed by atoms with Gasteiger partial charge in [0.25, 0.3) is 0 Å². The van der Waals surface area contributed by atoms with Crippen molar-refractivity contribution in [1.82, 2.24) is 9.97 Å². The summed E-state index contributed by atoms with van der Waals surface area (Å²) in [6, 6.07) is 18.4. The lowest BCUT2D eigenvalue weighted by molar-refractivity contribution is -0.140. The maximum absolute atomic E-state index is 12.9. The van der Waals surface area contributed by atoms with Crippen LogP contribution in [0.3, 0.4) is 0 Å². The van der Waals surface area contributed by atoms with Crippen LogP contribution in [0, 0.1) is 3.57 Å². The van der Waals surface area contributed by atoms with Gasteiger partial charge in [0.15, 0.2) is 10.8 Å². The molecule has 0 fully saturated rings. The highest BCUT2D eigenvalue weighted by Crippen LogP contribution is 2.36. The summed E-state index contributed by atoms with van der Waals surface area (Å²) in [6.07, 6.45) is -4.51. The Balaban J connectivity index is 1.58. The number of thiazole rings is 1. The van der Waals surface area contributed by atoms with E-state index in [9.17, 15) is 13.2 Å². The van der Waals surface area contributed by atoms with Crippen LogP contribution < -0.4 is 20.1 Å². The largest absolute Gasteiger partial charge is 0.497 e. The number of pyridine rings is 1. The van der Waals surface area contributed by atoms with Crippen molar-refractivity contribution in [1.29, 1.82) is 0 Å². The van der Waals surface area contributed by atoms with Crippen LogP contribution in [0.25, 0.3) is 0 Å². The Labute approximate surface area is 211 Å². The van der Waals surface area contributed by atoms with Gasteiger partial charge in [-0.1, -0.05) is 24.3 Å². The predicted octanol–water partition coefficient (Wildman–Crippen LogP) is 7.32. The summed E-state index contributed by atoms with van der Waals surface area (Å²) < 4.78 is 50.9. The van der Waals surface area contributed by atoms with Crippen molar-refractivity contribution >= 4 is 50.6 Å². The lowest BCUT2D eigenvalue weighted by Crippen LogP contribution is -2.06. The van der Waals surface area contributed by atoms with Crippen LogP contribution in [0.4, 0.5) is 29.8 Å². The first-order valence-corrected chi connectivity index (χ1v) is 11.9. The fraction of sp³-hybridized carbons (Fsp3) is 0.130. The molecule has 0 aliphatic carbocycles. The summed E-state index contributed by atoms with van der Waals surface area (Å²) in [6.45, 7) is 0.507. The van der Waals surface area contributed by atoms with Gasteiger partial charge < -0.3 is 20.1 Å². The molecule has 0 saturated heterocycles. The Bertz CT molecular complexity index is 1270. The van der Waals surface area contributed by atoms with Gasteiger partial charge in [-0.05, 0) is 64.6 Å². The normalized spacial score (nSPS) is 11.2. The Hall–Kier alpha value is -3.06. The Kier molecular flexibility index (Phi) is 7.41. The molecule has 0 spiro atoms. The lowest BCUT2D eigenvalue weighted by atomic mass is 10.2. The van der Waals surface area contributed by atoms with Crippen molar-refractivity contribution in [3.8, 4) is 17.4 Å². The zero-order chi connectivity index (χ0) is 24.1. The number of anilines is 3. The highest BCUT2D eigenvalue weighted by atomic mass is 127. The number of hydrogen-bond acceptors (Lipinski definition) is 7. The second-order valence-electron chi connectivity index (χ2n) is 6.94. The summed E-state index contributed by atoms with van der Waals surface area (Å²) >= 11 is 2.99. The van der Waals surface area contributed by atoms with Gasteiger partial charge in [-0.3, -0.25) is 0 Å². The zero-order valence-corrected chi connectivity index (χ0v) is 20.7. The average molecular weight is 598 g/mol. The number of nitrogens with one attached hydrogen (secondary N) is 2. The third-order valence-corrected chi connectivity index (χ3v) is 6.22. The summed E-state index contributed by atoms with van der Waals surface area (Å²) in [7, 11) is 1.61. The van der Waals surface area contributed by atoms with Crippen molar-refractivity contribution in [2.45, 2.75) is 12.7 Å². The smallest absolute Gasteiger partial charge is 0.434 e. The van der Waals surface area contributed by atoms with Crippen LogP contribution in [0.5, 0.6) is 17.4 Å². The molecule has 0 saturated carbocycles. The van der Waals surface area contributed by atoms with E-state index in [1.54, 1.807) is 25.3 Å². The summed E-state index contributed by atoms with van der Waals surface area (Å²) in [5.74, 6) is 2.08. The minimum absolute atomic E-state index is 0.0840. The number of nitrogens with zero attached hydrogens (tertiary/aromatic N) is 2. The molecule has 0 aliphatic heterocycles. The molecule has 0 unspecified atom stereocenters. The quantitative estimate of drug-likeness (QED) is 0.207. The number of para-hydroxylation sites is 1. The first-order valence-electron chi connectivity index (χ1n) is 9.92. The molecule has 4 rings (SSSR count). The minimum Gasteiger partial charge on any atom is -0.497 e. The number of rotatable bonds is 8. The van der Waals surface area contributed by atoms with E-state index in [1.807, 2.05) is 42.5 Å². The van der Waals surface area contributed by atoms with Crippen LogP contribution in [0.15, 0.2) is 66.0 Å². The third kappa shape index (κ3) is 6.08. The van der Waals surface area contributed by atoms with E-state index in [0.29, 0.717) is 23.8 Å². The van der Waals surface area contributed by atoms with E-state index in [1.165, 1.54) is 0 Å². The Morgan fingerprint density at radius 1 is 1.00 bits per heavy atom. The second kappa shape index (κ2) is 10.5. The van der Waals surface area contributed by atoms with Crippen molar-refractivity contribution in [2.24, 2.45) is 0 Å². The molecule has 2 heterocycles. The second-order valence-corrected chi connectivity index (χ2v) is 8.96. The minimum atomic E-state index is -4.51. The molecule has 2 aromatic carbocycles. The van der Waals surface area contributed by atoms with Crippen LogP contribution in [-0.4, -0.2) is 17.1 Å². The molecule has 11 heteroatoms. The van der Waals surface area contributed by atoms with Gasteiger partial charge in [-0.2, -0.15) is 18.2 Å². The van der Waals surface area contributed by atoms with Crippen LogP contribution in [-0.2, 0) is 12.7 Å². The maximum atomic E-state index is 12.9. The molecule has 0 atom stereocenters. The first kappa shape index (κ1) is 24.1. The fourth-order valence-electron chi connectivity index (χ4n) is 2.86. The van der Waals surface area contributed by atoms with Crippen molar-refractivity contribution < 1.29 is 22.6 Å². The van der Waals surface area contributed by atoms with E-state index in [4.69, 9.17) is 9.47 Å². The van der Waals surface area contributed by atoms with Crippen LogP contribution >= 0.6 is 33.9 Å². The maximum Gasteiger partial charge on any atom is 0.434 e. The molecule has 0 radical (unpaired) electrons. The molecule has 0 bridgehead atoms. The molecule has 176 valence electrons. The topological polar surface area (TPSA) is 68.3 Å². The van der Waals surface area contributed by atoms with Gasteiger partial charge >= 0.3 is 6.18 Å². The lowest BCUT2D eigenvalue weighted by Gasteiger charge is -2.14. The van der Waals surface area contributed by atoms with Crippen molar-refractivity contribution in [2.75, 3.05) is 17.7 Å². The SMILES string of the molecule is COc1ccc(CNc2ccc(Nc3nc(C(F)(F)F)cs3)c(Oc3ccccc3I)n2)cc1. The zero-order valence-electron chi connectivity index (χ0n) is 17.7. The van der Waals surface area contributed by atoms with Gasteiger partial charge in [0.2, 0.25) is 5.88 Å². The standard InChI is InChI=1S/C23H18F3IN4O2S/c1-32-15-8-6-14(7-9-15)12-28-20-11-10-17(29-22-30-19(13-34-22)23(24,25)26)21(31-20)33-18-5-3-2-4-16(18)27/h2-11,13H,12H2,1H3,(H,28,31)(H,29,30). The van der Waals surface area contributed by atoms with E-state index in [0.717, 1.165) is 31.6 Å². The molecule has 2 aromatic heterocycles. The molecule has 4 aromatic rings. The molecule has 34 heavy (non-hydrogen) atoms. The highest BCUT2D eigenvalue weighted by molar-refractivity contribution is 14.1. The molecule has 6 nitrogen and oxygen atoms in total. The van der Waals surface area contributed by atoms with E-state index in [2.05, 4.69) is 43.2 Å². The first-order chi connectivity index (χ1) is 16.3. The number of aromatic nitrogens is 2. The molecular weight excluding hydrogens is 580 g/mol. The number of ether oxygens (including phenoxy) is 2. The van der Waals surface area contributed by atoms with Gasteiger partial charge in [-0.15, -0.1) is 11.3 Å². The van der Waals surface area contributed by atoms with Gasteiger partial charge in [0.1, 0.15) is 23.0 Å². The van der Waals surface area contributed by atoms with Gasteiger partial charge in [-0.25, -0.2) is 4.98 Å². The number of methoxy groups -OCH3 is 1. The van der Waals surface area contributed by atoms with Crippen LogP contribution in [0.2, 0.25) is 0 Å². The fourth-order valence-corrected chi connectivity index (χ4v) is 4.08. The molecular formula is C23H18F3IN4O2S. The number of benzene rings is 2. The number of halogens is 4. The summed E-state index contributed by atoms with van der Waals surface area (Å²) in [5.41, 5.74) is 0.455. The molecule has 2 N–H and O–H groups in total. The third-order valence-electron chi connectivity index (χ3n) is 4.57. The summed E-state index contributed by atoms with van der Waals surface area (Å²) in [5, 5.41) is 7.17. The van der Waals surface area contributed by atoms with Gasteiger partial charge in [0.05, 0.1) is 10.7 Å². The Morgan fingerprint density at radius 2 is 1.76 bits per heavy atom. The van der Waals surface area contributed by atoms with E-state index >= 15 is 0 Å². The highest BCUT2D eigenvalue weighted by Gasteiger charge is 2.33. The van der Waals surface area contributed by atoms with E-state index < -0.39 is 11.9 Å².